The first-order chi connectivity index (χ1) is 6.31. The van der Waals surface area contributed by atoms with Crippen molar-refractivity contribution in [3.63, 3.8) is 0 Å². The monoisotopic (exact) mass is 180 g/mol. The number of hydrogen-bond donors (Lipinski definition) is 0. The lowest BCUT2D eigenvalue weighted by Crippen LogP contribution is -2.04. The van der Waals surface area contributed by atoms with Crippen molar-refractivity contribution in [2.24, 2.45) is 0 Å². The van der Waals surface area contributed by atoms with Crippen LogP contribution in [0.25, 0.3) is 0 Å². The van der Waals surface area contributed by atoms with Gasteiger partial charge in [-0.05, 0) is 12.8 Å². The molecule has 0 aliphatic heterocycles. The molecule has 0 bridgehead atoms. The molecule has 1 heterocycles. The molecule has 1 aromatic heterocycles. The number of aryl methyl sites for hydroxylation is 1. The second-order valence-electron chi connectivity index (χ2n) is 3.31. The Labute approximate surface area is 76.3 Å². The van der Waals surface area contributed by atoms with Crippen LogP contribution in [0.1, 0.15) is 43.8 Å². The van der Waals surface area contributed by atoms with Gasteiger partial charge in [0, 0.05) is 12.8 Å². The van der Waals surface area contributed by atoms with E-state index in [0.29, 0.717) is 18.1 Å². The summed E-state index contributed by atoms with van der Waals surface area (Å²) in [7, 11) is 0. The Morgan fingerprint density at radius 2 is 2.46 bits per heavy atom. The molecule has 4 nitrogen and oxygen atoms in total. The van der Waals surface area contributed by atoms with Crippen molar-refractivity contribution in [2.75, 3.05) is 0 Å². The number of carbonyl (C=O) groups excluding carboxylic acids is 1. The maximum atomic E-state index is 11.3. The molecule has 1 fully saturated rings. The predicted molar refractivity (Wildman–Crippen MR) is 45.3 cm³/mol. The number of nitrogens with zero attached hydrogens (tertiary/aromatic N) is 2. The van der Waals surface area contributed by atoms with Gasteiger partial charge in [-0.15, -0.1) is 0 Å². The van der Waals surface area contributed by atoms with Gasteiger partial charge in [0.15, 0.2) is 5.82 Å². The fraction of sp³-hybridized carbons (Fsp3) is 0.667. The van der Waals surface area contributed by atoms with E-state index in [2.05, 4.69) is 10.1 Å². The molecule has 0 radical (unpaired) electrons. The molecule has 1 aromatic rings. The number of rotatable bonds is 2. The largest absolute Gasteiger partial charge is 0.339 e. The highest BCUT2D eigenvalue weighted by Crippen LogP contribution is 2.29. The molecule has 0 spiro atoms. The minimum absolute atomic E-state index is 0.118. The van der Waals surface area contributed by atoms with Crippen LogP contribution in [-0.2, 0) is 11.2 Å². The van der Waals surface area contributed by atoms with Gasteiger partial charge >= 0.3 is 0 Å². The summed E-state index contributed by atoms with van der Waals surface area (Å²) >= 11 is 0. The van der Waals surface area contributed by atoms with Crippen LogP contribution in [0.5, 0.6) is 0 Å². The minimum Gasteiger partial charge on any atom is -0.339 e. The summed E-state index contributed by atoms with van der Waals surface area (Å²) < 4.78 is 5.03. The first-order valence-corrected chi connectivity index (χ1v) is 4.66. The zero-order chi connectivity index (χ0) is 9.26. The van der Waals surface area contributed by atoms with E-state index in [0.717, 1.165) is 19.3 Å². The Balaban J connectivity index is 2.19. The van der Waals surface area contributed by atoms with Crippen LogP contribution in [0.15, 0.2) is 4.52 Å². The van der Waals surface area contributed by atoms with E-state index in [9.17, 15) is 4.79 Å². The van der Waals surface area contributed by atoms with E-state index in [4.69, 9.17) is 4.52 Å². The highest BCUT2D eigenvalue weighted by molar-refractivity contribution is 5.86. The average Bonchev–Trinajstić information content (AvgIpc) is 2.71. The maximum absolute atomic E-state index is 11.3. The van der Waals surface area contributed by atoms with Crippen LogP contribution in [0.4, 0.5) is 0 Å². The van der Waals surface area contributed by atoms with Gasteiger partial charge in [0.25, 0.3) is 0 Å². The van der Waals surface area contributed by atoms with Crippen LogP contribution >= 0.6 is 0 Å². The fourth-order valence-electron chi connectivity index (χ4n) is 1.63. The van der Waals surface area contributed by atoms with Crippen LogP contribution in [0, 0.1) is 0 Å². The third-order valence-corrected chi connectivity index (χ3v) is 2.40. The van der Waals surface area contributed by atoms with Gasteiger partial charge in [0.2, 0.25) is 5.89 Å². The Morgan fingerprint density at radius 1 is 1.62 bits per heavy atom. The Hall–Kier alpha value is -1.19. The fourth-order valence-corrected chi connectivity index (χ4v) is 1.63. The third-order valence-electron chi connectivity index (χ3n) is 2.40. The Bertz CT molecular complexity index is 319. The molecule has 70 valence electrons. The molecule has 1 aliphatic rings. The van der Waals surface area contributed by atoms with Gasteiger partial charge in [-0.3, -0.25) is 4.79 Å². The predicted octanol–water partition coefficient (Wildman–Crippen LogP) is 1.47. The Morgan fingerprint density at radius 3 is 3.00 bits per heavy atom. The molecule has 4 heteroatoms. The number of Topliss-reactive ketones (excluding diaryl/α,β-unsaturated/α-hetero) is 1. The van der Waals surface area contributed by atoms with Crippen LogP contribution in [0.2, 0.25) is 0 Å². The second kappa shape index (κ2) is 3.28. The third kappa shape index (κ3) is 1.48. The zero-order valence-electron chi connectivity index (χ0n) is 7.62. The summed E-state index contributed by atoms with van der Waals surface area (Å²) in [6, 6.07) is 0. The molecule has 0 aromatic carbocycles. The van der Waals surface area contributed by atoms with Gasteiger partial charge in [-0.25, -0.2) is 0 Å². The lowest BCUT2D eigenvalue weighted by molar-refractivity contribution is -0.119. The van der Waals surface area contributed by atoms with Crippen molar-refractivity contribution >= 4 is 5.78 Å². The molecule has 1 aliphatic carbocycles. The SMILES string of the molecule is CCc1noc(C2CCCC2=O)n1. The van der Waals surface area contributed by atoms with E-state index >= 15 is 0 Å². The van der Waals surface area contributed by atoms with Gasteiger partial charge < -0.3 is 4.52 Å². The molecule has 1 saturated carbocycles. The van der Waals surface area contributed by atoms with Crippen molar-refractivity contribution in [1.82, 2.24) is 10.1 Å². The maximum Gasteiger partial charge on any atom is 0.237 e. The first kappa shape index (κ1) is 8.41. The molecule has 0 N–H and O–H groups in total. The summed E-state index contributed by atoms with van der Waals surface area (Å²) in [5.41, 5.74) is 0. The molecule has 2 rings (SSSR count). The first-order valence-electron chi connectivity index (χ1n) is 4.66. The average molecular weight is 180 g/mol. The molecule has 0 amide bonds. The smallest absolute Gasteiger partial charge is 0.237 e. The van der Waals surface area contributed by atoms with E-state index in [1.165, 1.54) is 0 Å². The number of aromatic nitrogens is 2. The van der Waals surface area contributed by atoms with Gasteiger partial charge in [-0.2, -0.15) is 4.98 Å². The normalized spacial score (nSPS) is 22.5. The molecular formula is C9H12N2O2. The number of ketones is 1. The van der Waals surface area contributed by atoms with Crippen LogP contribution < -0.4 is 0 Å². The van der Waals surface area contributed by atoms with Crippen LogP contribution in [0.3, 0.4) is 0 Å². The number of carbonyl (C=O) groups is 1. The lowest BCUT2D eigenvalue weighted by Gasteiger charge is -1.98. The highest BCUT2D eigenvalue weighted by atomic mass is 16.5. The topological polar surface area (TPSA) is 56.0 Å². The van der Waals surface area contributed by atoms with Gasteiger partial charge in [0.05, 0.1) is 5.92 Å². The summed E-state index contributed by atoms with van der Waals surface area (Å²) in [6.07, 6.45) is 3.23. The van der Waals surface area contributed by atoms with E-state index in [1.807, 2.05) is 6.92 Å². The van der Waals surface area contributed by atoms with Crippen LogP contribution in [-0.4, -0.2) is 15.9 Å². The summed E-state index contributed by atoms with van der Waals surface area (Å²) in [5, 5.41) is 3.78. The minimum atomic E-state index is -0.118. The molecule has 0 saturated heterocycles. The summed E-state index contributed by atoms with van der Waals surface area (Å²) in [4.78, 5) is 15.5. The van der Waals surface area contributed by atoms with E-state index in [-0.39, 0.29) is 11.7 Å². The van der Waals surface area contributed by atoms with E-state index < -0.39 is 0 Å². The molecular weight excluding hydrogens is 168 g/mol. The van der Waals surface area contributed by atoms with E-state index in [1.54, 1.807) is 0 Å². The quantitative estimate of drug-likeness (QED) is 0.691. The Kier molecular flexibility index (Phi) is 2.12. The van der Waals surface area contributed by atoms with Gasteiger partial charge in [0.1, 0.15) is 5.78 Å². The van der Waals surface area contributed by atoms with Crippen molar-refractivity contribution in [3.05, 3.63) is 11.7 Å². The van der Waals surface area contributed by atoms with Crippen molar-refractivity contribution < 1.29 is 9.32 Å². The summed E-state index contributed by atoms with van der Waals surface area (Å²) in [6.45, 7) is 1.96. The van der Waals surface area contributed by atoms with Crippen molar-refractivity contribution in [1.29, 1.82) is 0 Å². The van der Waals surface area contributed by atoms with Crippen molar-refractivity contribution in [3.8, 4) is 0 Å². The highest BCUT2D eigenvalue weighted by Gasteiger charge is 2.30. The zero-order valence-corrected chi connectivity index (χ0v) is 7.62. The van der Waals surface area contributed by atoms with Crippen molar-refractivity contribution in [2.45, 2.75) is 38.5 Å². The second-order valence-corrected chi connectivity index (χ2v) is 3.31. The van der Waals surface area contributed by atoms with Gasteiger partial charge in [-0.1, -0.05) is 12.1 Å². The standard InChI is InChI=1S/C9H12N2O2/c1-2-8-10-9(13-11-8)6-4-3-5-7(6)12/h6H,2-5H2,1H3. The number of hydrogen-bond acceptors (Lipinski definition) is 4. The molecule has 13 heavy (non-hydrogen) atoms. The molecule has 1 atom stereocenters. The molecule has 1 unspecified atom stereocenters. The lowest BCUT2D eigenvalue weighted by atomic mass is 10.1. The summed E-state index contributed by atoms with van der Waals surface area (Å²) in [5.74, 6) is 1.33.